The molecule has 0 saturated heterocycles. The Morgan fingerprint density at radius 2 is 1.67 bits per heavy atom. The van der Waals surface area contributed by atoms with Crippen LogP contribution in [0.25, 0.3) is 0 Å². The van der Waals surface area contributed by atoms with E-state index in [2.05, 4.69) is 15.4 Å². The number of hydrogen-bond donors (Lipinski definition) is 2. The zero-order chi connectivity index (χ0) is 19.6. The molecule has 0 heterocycles. The number of carbonyl (C=O) groups excluding carboxylic acids is 3. The number of anilines is 2. The summed E-state index contributed by atoms with van der Waals surface area (Å²) >= 11 is 0. The summed E-state index contributed by atoms with van der Waals surface area (Å²) in [5.74, 6) is -1.54. The number of carbonyl (C=O) groups is 3. The molecule has 1 fully saturated rings. The van der Waals surface area contributed by atoms with Gasteiger partial charge in [0.2, 0.25) is 11.8 Å². The van der Waals surface area contributed by atoms with Gasteiger partial charge in [0.05, 0.1) is 24.5 Å². The minimum Gasteiger partial charge on any atom is -0.465 e. The van der Waals surface area contributed by atoms with Crippen LogP contribution in [0.3, 0.4) is 0 Å². The fraction of sp³-hybridized carbons (Fsp3) is 0.286. The lowest BCUT2D eigenvalue weighted by Gasteiger charge is -2.10. The number of hydrogen-bond acceptors (Lipinski definition) is 4. The lowest BCUT2D eigenvalue weighted by molar-refractivity contribution is -0.122. The van der Waals surface area contributed by atoms with E-state index in [0.29, 0.717) is 17.7 Å². The van der Waals surface area contributed by atoms with Gasteiger partial charge < -0.3 is 15.4 Å². The number of methoxy groups -OCH3 is 1. The van der Waals surface area contributed by atoms with Crippen LogP contribution in [0.2, 0.25) is 0 Å². The second-order valence-electron chi connectivity index (χ2n) is 6.82. The number of esters is 1. The number of benzene rings is 2. The summed E-state index contributed by atoms with van der Waals surface area (Å²) in [6.07, 6.45) is 0.513. The third-order valence-corrected chi connectivity index (χ3v) is 4.67. The molecule has 2 amide bonds. The van der Waals surface area contributed by atoms with Crippen molar-refractivity contribution < 1.29 is 19.1 Å². The second kappa shape index (κ2) is 7.61. The maximum absolute atomic E-state index is 12.4. The summed E-state index contributed by atoms with van der Waals surface area (Å²) in [4.78, 5) is 36.4. The Kier molecular flexibility index (Phi) is 5.26. The van der Waals surface area contributed by atoms with Crippen LogP contribution in [0.15, 0.2) is 42.5 Å². The average molecular weight is 366 g/mol. The Hall–Kier alpha value is -3.15. The van der Waals surface area contributed by atoms with Crippen LogP contribution in [0, 0.1) is 25.7 Å². The van der Waals surface area contributed by atoms with E-state index in [1.54, 1.807) is 24.3 Å². The molecule has 2 N–H and O–H groups in total. The van der Waals surface area contributed by atoms with Crippen molar-refractivity contribution in [3.05, 3.63) is 59.2 Å². The topological polar surface area (TPSA) is 84.5 Å². The van der Waals surface area contributed by atoms with E-state index >= 15 is 0 Å². The number of aryl methyl sites for hydroxylation is 2. The number of nitrogens with one attached hydrogen (secondary N) is 2. The average Bonchev–Trinajstić information content (AvgIpc) is 3.45. The Morgan fingerprint density at radius 1 is 0.963 bits per heavy atom. The van der Waals surface area contributed by atoms with E-state index in [4.69, 9.17) is 0 Å². The molecule has 3 rings (SSSR count). The Labute approximate surface area is 157 Å². The van der Waals surface area contributed by atoms with Gasteiger partial charge >= 0.3 is 5.97 Å². The smallest absolute Gasteiger partial charge is 0.337 e. The molecule has 1 saturated carbocycles. The lowest BCUT2D eigenvalue weighted by Crippen LogP contribution is -2.21. The molecule has 6 heteroatoms. The molecule has 0 radical (unpaired) electrons. The fourth-order valence-corrected chi connectivity index (χ4v) is 2.95. The number of rotatable bonds is 5. The van der Waals surface area contributed by atoms with Gasteiger partial charge in [0, 0.05) is 11.4 Å². The van der Waals surface area contributed by atoms with E-state index in [1.807, 2.05) is 32.0 Å². The summed E-state index contributed by atoms with van der Waals surface area (Å²) < 4.78 is 4.67. The third kappa shape index (κ3) is 4.34. The maximum Gasteiger partial charge on any atom is 0.337 e. The monoisotopic (exact) mass is 366 g/mol. The molecular weight excluding hydrogens is 344 g/mol. The van der Waals surface area contributed by atoms with Crippen LogP contribution in [-0.2, 0) is 14.3 Å². The molecule has 1 aliphatic rings. The van der Waals surface area contributed by atoms with E-state index < -0.39 is 5.97 Å². The molecular formula is C21H22N2O4. The molecule has 2 atom stereocenters. The Bertz CT molecular complexity index is 907. The van der Waals surface area contributed by atoms with Gasteiger partial charge in [0.1, 0.15) is 0 Å². The van der Waals surface area contributed by atoms with Gasteiger partial charge in [-0.05, 0) is 55.7 Å². The quantitative estimate of drug-likeness (QED) is 0.795. The highest BCUT2D eigenvalue weighted by molar-refractivity contribution is 6.04. The zero-order valence-electron chi connectivity index (χ0n) is 15.5. The maximum atomic E-state index is 12.4. The van der Waals surface area contributed by atoms with Crippen molar-refractivity contribution in [3.63, 3.8) is 0 Å². The van der Waals surface area contributed by atoms with Gasteiger partial charge in [-0.15, -0.1) is 0 Å². The van der Waals surface area contributed by atoms with Crippen molar-refractivity contribution in [2.24, 2.45) is 11.8 Å². The van der Waals surface area contributed by atoms with Crippen molar-refractivity contribution in [2.45, 2.75) is 20.3 Å². The first-order valence-electron chi connectivity index (χ1n) is 8.76. The summed E-state index contributed by atoms with van der Waals surface area (Å²) in [5.41, 5.74) is 3.68. The Balaban J connectivity index is 1.59. The normalized spacial score (nSPS) is 17.7. The molecule has 0 aromatic heterocycles. The predicted molar refractivity (Wildman–Crippen MR) is 103 cm³/mol. The molecule has 2 aromatic carbocycles. The van der Waals surface area contributed by atoms with Crippen LogP contribution < -0.4 is 10.6 Å². The van der Waals surface area contributed by atoms with Crippen molar-refractivity contribution in [3.8, 4) is 0 Å². The third-order valence-electron chi connectivity index (χ3n) is 4.67. The highest BCUT2D eigenvalue weighted by atomic mass is 16.5. The molecule has 2 unspecified atom stereocenters. The van der Waals surface area contributed by atoms with Crippen molar-refractivity contribution >= 4 is 29.2 Å². The van der Waals surface area contributed by atoms with Crippen LogP contribution in [0.1, 0.15) is 27.9 Å². The fourth-order valence-electron chi connectivity index (χ4n) is 2.95. The van der Waals surface area contributed by atoms with E-state index in [0.717, 1.165) is 16.8 Å². The zero-order valence-corrected chi connectivity index (χ0v) is 15.5. The summed E-state index contributed by atoms with van der Waals surface area (Å²) in [5, 5.41) is 5.68. The van der Waals surface area contributed by atoms with Crippen LogP contribution in [0.4, 0.5) is 11.4 Å². The van der Waals surface area contributed by atoms with E-state index in [1.165, 1.54) is 7.11 Å². The highest BCUT2D eigenvalue weighted by Gasteiger charge is 2.48. The second-order valence-corrected chi connectivity index (χ2v) is 6.82. The minimum absolute atomic E-state index is 0.146. The van der Waals surface area contributed by atoms with Crippen LogP contribution >= 0.6 is 0 Å². The van der Waals surface area contributed by atoms with Gasteiger partial charge in [0.25, 0.3) is 0 Å². The molecule has 140 valence electrons. The van der Waals surface area contributed by atoms with Gasteiger partial charge in [0.15, 0.2) is 0 Å². The van der Waals surface area contributed by atoms with Crippen molar-refractivity contribution in [1.82, 2.24) is 0 Å². The van der Waals surface area contributed by atoms with Gasteiger partial charge in [-0.1, -0.05) is 18.2 Å². The predicted octanol–water partition coefficient (Wildman–Crippen LogP) is 3.30. The largest absolute Gasteiger partial charge is 0.465 e. The Morgan fingerprint density at radius 3 is 2.37 bits per heavy atom. The summed E-state index contributed by atoms with van der Waals surface area (Å²) in [7, 11) is 1.30. The van der Waals surface area contributed by atoms with Gasteiger partial charge in [-0.3, -0.25) is 9.59 Å². The van der Waals surface area contributed by atoms with Crippen LogP contribution in [-0.4, -0.2) is 24.9 Å². The molecule has 27 heavy (non-hydrogen) atoms. The van der Waals surface area contributed by atoms with Crippen LogP contribution in [0.5, 0.6) is 0 Å². The first kappa shape index (κ1) is 18.6. The van der Waals surface area contributed by atoms with Gasteiger partial charge in [-0.2, -0.15) is 0 Å². The molecule has 0 aliphatic heterocycles. The lowest BCUT2D eigenvalue weighted by atomic mass is 10.1. The first-order chi connectivity index (χ1) is 12.9. The molecule has 0 bridgehead atoms. The standard InChI is InChI=1S/C21H22N2O4/c1-12-7-8-13(2)18(9-12)23-20(25)17-11-16(17)19(24)22-15-6-4-5-14(10-15)21(26)27-3/h4-10,16-17H,11H2,1-3H3,(H,22,24)(H,23,25). The number of amides is 2. The highest BCUT2D eigenvalue weighted by Crippen LogP contribution is 2.40. The molecule has 0 spiro atoms. The number of ether oxygens (including phenoxy) is 1. The minimum atomic E-state index is -0.469. The SMILES string of the molecule is COC(=O)c1cccc(NC(=O)C2CC2C(=O)Nc2cc(C)ccc2C)c1. The molecule has 6 nitrogen and oxygen atoms in total. The van der Waals surface area contributed by atoms with E-state index in [-0.39, 0.29) is 23.7 Å². The molecule has 1 aliphatic carbocycles. The summed E-state index contributed by atoms with van der Waals surface area (Å²) in [6, 6.07) is 12.4. The van der Waals surface area contributed by atoms with Crippen molar-refractivity contribution in [1.29, 1.82) is 0 Å². The molecule has 2 aromatic rings. The summed E-state index contributed by atoms with van der Waals surface area (Å²) in [6.45, 7) is 3.89. The first-order valence-corrected chi connectivity index (χ1v) is 8.76. The van der Waals surface area contributed by atoms with Crippen molar-refractivity contribution in [2.75, 3.05) is 17.7 Å². The van der Waals surface area contributed by atoms with Gasteiger partial charge in [-0.25, -0.2) is 4.79 Å². The van der Waals surface area contributed by atoms with E-state index in [9.17, 15) is 14.4 Å².